The molecule has 20 aromatic carbocycles. The lowest BCUT2D eigenvalue weighted by Gasteiger charge is -2.26. The second-order valence-corrected chi connectivity index (χ2v) is 27.3. The standard InChI is InChI=1S/C53H36N2.C47H34N2/c1-54(51-32-31-49-47-16-7-14-39-13-6-15-46(52(39)47)48-17-8-18-50(51)53(48)49)42-25-19-37(20-26-42)38-21-27-43(28-22-38)55(44-29-23-35-9-2-4-11-40(35)33-44)45-30-24-36-10-3-5-12-41(36)34-45;1-48(47-32-39-14-6-7-15-44(39)45-16-8-9-17-46(45)47)40-24-18-35(19-25-40)36-20-26-41(27-21-36)49(42-28-22-33-10-2-4-12-37(33)30-42)43-29-23-34-11-3-5-13-38(34)31-43/h2-34H,1H3;2-32H,1H3. The van der Waals surface area contributed by atoms with Crippen molar-refractivity contribution in [3.05, 3.63) is 388 Å². The van der Waals surface area contributed by atoms with Gasteiger partial charge in [0.15, 0.2) is 0 Å². The molecule has 0 saturated heterocycles. The summed E-state index contributed by atoms with van der Waals surface area (Å²) in [6.07, 6.45) is 0. The Labute approximate surface area is 605 Å². The molecule has 0 aliphatic carbocycles. The van der Waals surface area contributed by atoms with Crippen LogP contribution in [0.5, 0.6) is 0 Å². The predicted molar refractivity (Wildman–Crippen MR) is 448 cm³/mol. The molecule has 0 fully saturated rings. The molecular formula is C100H70N4. The van der Waals surface area contributed by atoms with Gasteiger partial charge in [-0.15, -0.1) is 0 Å². The quantitative estimate of drug-likeness (QED) is 0.0893. The SMILES string of the molecule is CN(c1ccc(-c2ccc(N(c3ccc4ccccc4c3)c3ccc4ccccc4c3)cc2)cc1)c1cc2ccccc2c2ccccc12.CN(c1ccc(-c2ccc(N(c3ccc4ccccc4c3)c3ccc4ccccc4c3)cc2)cc1)c1ccc2c3cccc4cccc(c5cccc1c52)c43. The van der Waals surface area contributed by atoms with E-state index in [1.54, 1.807) is 0 Å². The summed E-state index contributed by atoms with van der Waals surface area (Å²) in [5, 5.41) is 25.4. The van der Waals surface area contributed by atoms with Crippen molar-refractivity contribution in [1.82, 2.24) is 0 Å². The Morgan fingerprint density at radius 3 is 0.865 bits per heavy atom. The summed E-state index contributed by atoms with van der Waals surface area (Å²) in [4.78, 5) is 9.34. The highest BCUT2D eigenvalue weighted by Gasteiger charge is 2.21. The summed E-state index contributed by atoms with van der Waals surface area (Å²) in [6.45, 7) is 0. The van der Waals surface area contributed by atoms with E-state index in [2.05, 4.69) is 422 Å². The van der Waals surface area contributed by atoms with Gasteiger partial charge in [0.25, 0.3) is 0 Å². The second-order valence-electron chi connectivity index (χ2n) is 27.3. The van der Waals surface area contributed by atoms with Crippen LogP contribution in [0.3, 0.4) is 0 Å². The molecule has 20 rings (SSSR count). The van der Waals surface area contributed by atoms with Gasteiger partial charge >= 0.3 is 0 Å². The van der Waals surface area contributed by atoms with Crippen molar-refractivity contribution >= 4 is 165 Å². The molecule has 0 unspecified atom stereocenters. The molecule has 0 aliphatic rings. The minimum Gasteiger partial charge on any atom is -0.344 e. The van der Waals surface area contributed by atoms with Gasteiger partial charge in [-0.3, -0.25) is 0 Å². The van der Waals surface area contributed by atoms with Gasteiger partial charge in [-0.1, -0.05) is 279 Å². The third kappa shape index (κ3) is 11.0. The lowest BCUT2D eigenvalue weighted by atomic mass is 9.89. The fourth-order valence-electron chi connectivity index (χ4n) is 16.0. The van der Waals surface area contributed by atoms with Gasteiger partial charge in [0, 0.05) is 81.7 Å². The number of benzene rings is 20. The summed E-state index contributed by atoms with van der Waals surface area (Å²) in [5.41, 5.74) is 16.2. The zero-order valence-corrected chi connectivity index (χ0v) is 57.7. The average molecular weight is 1330 g/mol. The first kappa shape index (κ1) is 61.5. The number of hydrogen-bond donors (Lipinski definition) is 0. The molecule has 4 heteroatoms. The van der Waals surface area contributed by atoms with Crippen LogP contribution in [-0.2, 0) is 0 Å². The lowest BCUT2D eigenvalue weighted by molar-refractivity contribution is 1.22. The largest absolute Gasteiger partial charge is 0.344 e. The van der Waals surface area contributed by atoms with E-state index in [0.29, 0.717) is 0 Å². The smallest absolute Gasteiger partial charge is 0.0494 e. The van der Waals surface area contributed by atoms with Crippen LogP contribution in [-0.4, -0.2) is 14.1 Å². The zero-order valence-electron chi connectivity index (χ0n) is 57.7. The predicted octanol–water partition coefficient (Wildman–Crippen LogP) is 28.2. The van der Waals surface area contributed by atoms with E-state index < -0.39 is 0 Å². The summed E-state index contributed by atoms with van der Waals surface area (Å²) in [6, 6.07) is 141. The van der Waals surface area contributed by atoms with E-state index in [4.69, 9.17) is 0 Å². The van der Waals surface area contributed by atoms with Gasteiger partial charge in [-0.2, -0.15) is 0 Å². The van der Waals surface area contributed by atoms with Crippen LogP contribution in [0.25, 0.3) is 130 Å². The summed E-state index contributed by atoms with van der Waals surface area (Å²) >= 11 is 0. The monoisotopic (exact) mass is 1330 g/mol. The second kappa shape index (κ2) is 25.9. The van der Waals surface area contributed by atoms with E-state index in [1.165, 1.54) is 141 Å². The van der Waals surface area contributed by atoms with Gasteiger partial charge in [0.2, 0.25) is 0 Å². The van der Waals surface area contributed by atoms with Crippen LogP contribution < -0.4 is 19.6 Å². The highest BCUT2D eigenvalue weighted by Crippen LogP contribution is 2.46. The molecule has 0 bridgehead atoms. The van der Waals surface area contributed by atoms with Crippen molar-refractivity contribution in [2.24, 2.45) is 0 Å². The number of rotatable bonds is 12. The molecule has 0 radical (unpaired) electrons. The molecule has 0 heterocycles. The van der Waals surface area contributed by atoms with Crippen molar-refractivity contribution < 1.29 is 0 Å². The molecule has 0 aliphatic heterocycles. The number of anilines is 10. The Morgan fingerprint density at radius 2 is 0.442 bits per heavy atom. The van der Waals surface area contributed by atoms with E-state index in [9.17, 15) is 0 Å². The fraction of sp³-hybridized carbons (Fsp3) is 0.0200. The minimum absolute atomic E-state index is 1.12. The highest BCUT2D eigenvalue weighted by atomic mass is 15.1. The summed E-state index contributed by atoms with van der Waals surface area (Å²) < 4.78 is 0. The Bertz CT molecular complexity index is 6430. The van der Waals surface area contributed by atoms with Crippen LogP contribution in [0.15, 0.2) is 388 Å². The molecule has 0 spiro atoms. The molecule has 490 valence electrons. The van der Waals surface area contributed by atoms with Gasteiger partial charge in [0.1, 0.15) is 0 Å². The molecule has 0 atom stereocenters. The Hall–Kier alpha value is -13.5. The number of nitrogens with zero attached hydrogens (tertiary/aromatic N) is 4. The van der Waals surface area contributed by atoms with Crippen LogP contribution in [0.1, 0.15) is 0 Å². The van der Waals surface area contributed by atoms with Crippen molar-refractivity contribution in [3.63, 3.8) is 0 Å². The van der Waals surface area contributed by atoms with E-state index in [-0.39, 0.29) is 0 Å². The maximum Gasteiger partial charge on any atom is 0.0494 e. The minimum atomic E-state index is 1.12. The van der Waals surface area contributed by atoms with Crippen LogP contribution >= 0.6 is 0 Å². The molecule has 20 aromatic rings. The topological polar surface area (TPSA) is 13.0 Å². The van der Waals surface area contributed by atoms with Crippen molar-refractivity contribution in [2.45, 2.75) is 0 Å². The van der Waals surface area contributed by atoms with E-state index in [0.717, 1.165) is 45.5 Å². The number of hydrogen-bond acceptors (Lipinski definition) is 4. The highest BCUT2D eigenvalue weighted by molar-refractivity contribution is 6.34. The van der Waals surface area contributed by atoms with Crippen molar-refractivity contribution in [1.29, 1.82) is 0 Å². The molecule has 0 amide bonds. The van der Waals surface area contributed by atoms with Crippen LogP contribution in [0.2, 0.25) is 0 Å². The molecule has 104 heavy (non-hydrogen) atoms. The first-order valence-electron chi connectivity index (χ1n) is 35.8. The van der Waals surface area contributed by atoms with Gasteiger partial charge in [0.05, 0.1) is 0 Å². The lowest BCUT2D eigenvalue weighted by Crippen LogP contribution is -2.10. The van der Waals surface area contributed by atoms with E-state index in [1.807, 2.05) is 0 Å². The Morgan fingerprint density at radius 1 is 0.154 bits per heavy atom. The Balaban J connectivity index is 0.000000144. The normalized spacial score (nSPS) is 11.6. The maximum absolute atomic E-state index is 2.36. The first-order chi connectivity index (χ1) is 51.4. The fourth-order valence-corrected chi connectivity index (χ4v) is 16.0. The van der Waals surface area contributed by atoms with Gasteiger partial charge < -0.3 is 19.6 Å². The summed E-state index contributed by atoms with van der Waals surface area (Å²) in [7, 11) is 4.34. The van der Waals surface area contributed by atoms with E-state index >= 15 is 0 Å². The average Bonchev–Trinajstić information content (AvgIpc) is 0.716. The third-order valence-electron chi connectivity index (χ3n) is 21.4. The van der Waals surface area contributed by atoms with Gasteiger partial charge in [-0.25, -0.2) is 0 Å². The molecule has 0 N–H and O–H groups in total. The molecule has 0 saturated carbocycles. The summed E-state index contributed by atoms with van der Waals surface area (Å²) in [5.74, 6) is 0. The van der Waals surface area contributed by atoms with Crippen molar-refractivity contribution in [3.8, 4) is 22.3 Å². The first-order valence-corrected chi connectivity index (χ1v) is 35.8. The van der Waals surface area contributed by atoms with Gasteiger partial charge in [-0.05, 0) is 228 Å². The molecule has 0 aromatic heterocycles. The van der Waals surface area contributed by atoms with Crippen LogP contribution in [0, 0.1) is 0 Å². The van der Waals surface area contributed by atoms with Crippen molar-refractivity contribution in [2.75, 3.05) is 33.7 Å². The van der Waals surface area contributed by atoms with Crippen LogP contribution in [0.4, 0.5) is 56.9 Å². The maximum atomic E-state index is 2.36. The Kier molecular flexibility index (Phi) is 15.3. The zero-order chi connectivity index (χ0) is 69.2. The molecule has 4 nitrogen and oxygen atoms in total. The number of fused-ring (bicyclic) bond motifs is 9. The molecular weight excluding hydrogens is 1260 g/mol. The third-order valence-corrected chi connectivity index (χ3v) is 21.4.